The third-order valence-corrected chi connectivity index (χ3v) is 3.27. The molecule has 2 rings (SSSR count). The van der Waals surface area contributed by atoms with Gasteiger partial charge in [0.25, 0.3) is 0 Å². The van der Waals surface area contributed by atoms with Crippen LogP contribution in [-0.4, -0.2) is 19.2 Å². The van der Waals surface area contributed by atoms with Gasteiger partial charge in [0.2, 0.25) is 0 Å². The molecule has 1 heterocycles. The number of halogens is 3. The molecule has 5 heteroatoms. The van der Waals surface area contributed by atoms with Gasteiger partial charge in [0.05, 0.1) is 11.7 Å². The zero-order chi connectivity index (χ0) is 13.2. The zero-order valence-electron chi connectivity index (χ0n) is 10.1. The Hall–Kier alpha value is -1.23. The second kappa shape index (κ2) is 5.18. The molecule has 1 aliphatic heterocycles. The highest BCUT2D eigenvalue weighted by atomic mass is 19.4. The minimum atomic E-state index is -4.37. The Morgan fingerprint density at radius 1 is 1.33 bits per heavy atom. The zero-order valence-corrected chi connectivity index (χ0v) is 10.1. The van der Waals surface area contributed by atoms with E-state index >= 15 is 0 Å². The Labute approximate surface area is 104 Å². The fourth-order valence-electron chi connectivity index (χ4n) is 2.18. The van der Waals surface area contributed by atoms with Gasteiger partial charge in [-0.1, -0.05) is 12.1 Å². The molecule has 1 fully saturated rings. The lowest BCUT2D eigenvalue weighted by Gasteiger charge is -2.22. The van der Waals surface area contributed by atoms with Gasteiger partial charge in [-0.3, -0.25) is 0 Å². The van der Waals surface area contributed by atoms with E-state index in [4.69, 9.17) is 4.74 Å². The maximum Gasteiger partial charge on any atom is 0.419 e. The van der Waals surface area contributed by atoms with Crippen molar-refractivity contribution in [3.63, 3.8) is 0 Å². The second-order valence-corrected chi connectivity index (χ2v) is 4.57. The summed E-state index contributed by atoms with van der Waals surface area (Å²) in [6.07, 6.45) is -3.65. The lowest BCUT2D eigenvalue weighted by molar-refractivity contribution is -0.139. The quantitative estimate of drug-likeness (QED) is 0.900. The summed E-state index contributed by atoms with van der Waals surface area (Å²) in [5, 5.41) is 3.18. The highest BCUT2D eigenvalue weighted by Crippen LogP contribution is 2.36. The van der Waals surface area contributed by atoms with Gasteiger partial charge in [-0.25, -0.2) is 0 Å². The molecular formula is C13H16F3NO. The van der Waals surface area contributed by atoms with Crippen LogP contribution in [0.1, 0.15) is 18.9 Å². The van der Waals surface area contributed by atoms with Crippen LogP contribution in [0.2, 0.25) is 0 Å². The van der Waals surface area contributed by atoms with Gasteiger partial charge in [-0.2, -0.15) is 13.2 Å². The number of rotatable bonds is 3. The normalized spacial score (nSPS) is 21.9. The number of ether oxygens (including phenoxy) is 1. The summed E-state index contributed by atoms with van der Waals surface area (Å²) in [5.74, 6) is 0.190. The van der Waals surface area contributed by atoms with Crippen LogP contribution < -0.4 is 10.1 Å². The second-order valence-electron chi connectivity index (χ2n) is 4.57. The van der Waals surface area contributed by atoms with Crippen LogP contribution in [0.5, 0.6) is 5.75 Å². The van der Waals surface area contributed by atoms with Crippen LogP contribution in [0.15, 0.2) is 24.3 Å². The van der Waals surface area contributed by atoms with E-state index in [0.717, 1.165) is 25.6 Å². The van der Waals surface area contributed by atoms with Crippen molar-refractivity contribution in [1.29, 1.82) is 0 Å². The number of alkyl halides is 3. The maximum atomic E-state index is 12.8. The summed E-state index contributed by atoms with van der Waals surface area (Å²) in [7, 11) is 0. The lowest BCUT2D eigenvalue weighted by atomic mass is 10.0. The Morgan fingerprint density at radius 2 is 2.06 bits per heavy atom. The minimum Gasteiger partial charge on any atom is -0.490 e. The van der Waals surface area contributed by atoms with Gasteiger partial charge in [-0.15, -0.1) is 0 Å². The first kappa shape index (κ1) is 13.2. The monoisotopic (exact) mass is 259 g/mol. The summed E-state index contributed by atoms with van der Waals surface area (Å²) in [5.41, 5.74) is -0.706. The van der Waals surface area contributed by atoms with Gasteiger partial charge in [0.1, 0.15) is 5.75 Å². The molecule has 0 amide bonds. The fourth-order valence-corrected chi connectivity index (χ4v) is 2.18. The van der Waals surface area contributed by atoms with Crippen LogP contribution in [0.25, 0.3) is 0 Å². The van der Waals surface area contributed by atoms with Crippen molar-refractivity contribution in [2.24, 2.45) is 5.92 Å². The fraction of sp³-hybridized carbons (Fsp3) is 0.538. The summed E-state index contributed by atoms with van der Waals surface area (Å²) < 4.78 is 43.8. The summed E-state index contributed by atoms with van der Waals surface area (Å²) >= 11 is 0. The van der Waals surface area contributed by atoms with E-state index in [1.54, 1.807) is 6.07 Å². The Morgan fingerprint density at radius 3 is 2.67 bits per heavy atom. The van der Waals surface area contributed by atoms with E-state index in [2.05, 4.69) is 5.32 Å². The number of hydrogen-bond donors (Lipinski definition) is 1. The molecule has 1 aliphatic rings. The molecular weight excluding hydrogens is 243 g/mol. The average molecular weight is 259 g/mol. The van der Waals surface area contributed by atoms with Crippen molar-refractivity contribution >= 4 is 0 Å². The van der Waals surface area contributed by atoms with E-state index in [1.807, 2.05) is 6.92 Å². The number of para-hydroxylation sites is 1. The predicted octanol–water partition coefficient (Wildman–Crippen LogP) is 3.08. The average Bonchev–Trinajstić information content (AvgIpc) is 2.81. The molecule has 0 spiro atoms. The van der Waals surface area contributed by atoms with Crippen molar-refractivity contribution in [2.45, 2.75) is 25.6 Å². The molecule has 0 aliphatic carbocycles. The highest BCUT2D eigenvalue weighted by molar-refractivity contribution is 5.35. The molecule has 2 atom stereocenters. The smallest absolute Gasteiger partial charge is 0.419 e. The first-order valence-corrected chi connectivity index (χ1v) is 6.02. The van der Waals surface area contributed by atoms with Gasteiger partial charge >= 0.3 is 6.18 Å². The van der Waals surface area contributed by atoms with Crippen LogP contribution in [0.4, 0.5) is 13.2 Å². The van der Waals surface area contributed by atoms with Crippen molar-refractivity contribution in [2.75, 3.05) is 13.1 Å². The van der Waals surface area contributed by atoms with Crippen LogP contribution in [0.3, 0.4) is 0 Å². The standard InChI is InChI=1S/C13H16F3NO/c1-9(10-6-7-17-8-10)18-12-5-3-2-4-11(12)13(14,15)16/h2-5,9-10,17H,6-8H2,1H3. The molecule has 1 aromatic carbocycles. The summed E-state index contributed by atoms with van der Waals surface area (Å²) in [6, 6.07) is 5.36. The van der Waals surface area contributed by atoms with Gasteiger partial charge in [0.15, 0.2) is 0 Å². The van der Waals surface area contributed by atoms with Crippen LogP contribution in [0, 0.1) is 5.92 Å². The Bertz CT molecular complexity index is 399. The number of hydrogen-bond acceptors (Lipinski definition) is 2. The minimum absolute atomic E-state index is 0.0793. The molecule has 2 unspecified atom stereocenters. The molecule has 1 saturated heterocycles. The highest BCUT2D eigenvalue weighted by Gasteiger charge is 2.35. The maximum absolute atomic E-state index is 12.8. The van der Waals surface area contributed by atoms with Crippen molar-refractivity contribution in [1.82, 2.24) is 5.32 Å². The Balaban J connectivity index is 2.13. The van der Waals surface area contributed by atoms with Gasteiger partial charge < -0.3 is 10.1 Å². The molecule has 2 nitrogen and oxygen atoms in total. The van der Waals surface area contributed by atoms with E-state index in [1.165, 1.54) is 12.1 Å². The molecule has 1 aromatic rings. The van der Waals surface area contributed by atoms with E-state index in [9.17, 15) is 13.2 Å². The SMILES string of the molecule is CC(Oc1ccccc1C(F)(F)F)C1CCNC1. The molecule has 18 heavy (non-hydrogen) atoms. The van der Waals surface area contributed by atoms with Gasteiger partial charge in [0, 0.05) is 12.5 Å². The Kier molecular flexibility index (Phi) is 3.80. The molecule has 0 radical (unpaired) electrons. The van der Waals surface area contributed by atoms with E-state index in [0.29, 0.717) is 0 Å². The number of benzene rings is 1. The first-order valence-electron chi connectivity index (χ1n) is 6.02. The van der Waals surface area contributed by atoms with Crippen LogP contribution in [-0.2, 0) is 6.18 Å². The van der Waals surface area contributed by atoms with Crippen molar-refractivity contribution < 1.29 is 17.9 Å². The summed E-state index contributed by atoms with van der Waals surface area (Å²) in [6.45, 7) is 3.53. The molecule has 1 N–H and O–H groups in total. The predicted molar refractivity (Wildman–Crippen MR) is 62.5 cm³/mol. The third-order valence-electron chi connectivity index (χ3n) is 3.27. The molecule has 0 saturated carbocycles. The topological polar surface area (TPSA) is 21.3 Å². The first-order chi connectivity index (χ1) is 8.48. The van der Waals surface area contributed by atoms with Crippen molar-refractivity contribution in [3.8, 4) is 5.75 Å². The van der Waals surface area contributed by atoms with E-state index < -0.39 is 11.7 Å². The molecule has 100 valence electrons. The largest absolute Gasteiger partial charge is 0.490 e. The number of nitrogens with one attached hydrogen (secondary N) is 1. The van der Waals surface area contributed by atoms with E-state index in [-0.39, 0.29) is 17.8 Å². The van der Waals surface area contributed by atoms with Crippen LogP contribution >= 0.6 is 0 Å². The molecule has 0 aromatic heterocycles. The third kappa shape index (κ3) is 2.96. The van der Waals surface area contributed by atoms with Crippen molar-refractivity contribution in [3.05, 3.63) is 29.8 Å². The molecule has 0 bridgehead atoms. The summed E-state index contributed by atoms with van der Waals surface area (Å²) in [4.78, 5) is 0. The lowest BCUT2D eigenvalue weighted by Crippen LogP contribution is -2.26. The van der Waals surface area contributed by atoms with Gasteiger partial charge in [-0.05, 0) is 32.0 Å².